The highest BCUT2D eigenvalue weighted by Gasteiger charge is 2.38. The monoisotopic (exact) mass is 517 g/mol. The van der Waals surface area contributed by atoms with E-state index in [0.29, 0.717) is 18.4 Å². The predicted molar refractivity (Wildman–Crippen MR) is 144 cm³/mol. The molecule has 1 saturated heterocycles. The van der Waals surface area contributed by atoms with Crippen molar-refractivity contribution in [2.75, 3.05) is 19.8 Å². The minimum Gasteiger partial charge on any atom is -0.482 e. The second-order valence-corrected chi connectivity index (χ2v) is 12.7. The van der Waals surface area contributed by atoms with Crippen LogP contribution in [0.25, 0.3) is 0 Å². The van der Waals surface area contributed by atoms with Crippen LogP contribution in [0.3, 0.4) is 0 Å². The summed E-state index contributed by atoms with van der Waals surface area (Å²) in [6, 6.07) is 6.07. The van der Waals surface area contributed by atoms with Crippen LogP contribution in [-0.4, -0.2) is 60.1 Å². The van der Waals surface area contributed by atoms with E-state index in [4.69, 9.17) is 18.9 Å². The van der Waals surface area contributed by atoms with Gasteiger partial charge in [-0.25, -0.2) is 9.59 Å². The number of amides is 1. The molecule has 1 aromatic rings. The number of hydrogen-bond donors (Lipinski definition) is 0. The molecule has 7 nitrogen and oxygen atoms in total. The summed E-state index contributed by atoms with van der Waals surface area (Å²) in [6.45, 7) is 16.7. The zero-order valence-corrected chi connectivity index (χ0v) is 24.1. The van der Waals surface area contributed by atoms with Crippen molar-refractivity contribution in [1.29, 1.82) is 0 Å². The van der Waals surface area contributed by atoms with Crippen LogP contribution in [0.1, 0.15) is 97.6 Å². The van der Waals surface area contributed by atoms with Crippen molar-refractivity contribution in [1.82, 2.24) is 4.90 Å². The van der Waals surface area contributed by atoms with Gasteiger partial charge in [-0.2, -0.15) is 0 Å². The highest BCUT2D eigenvalue weighted by Crippen LogP contribution is 2.40. The molecule has 0 N–H and O–H groups in total. The third-order valence-corrected chi connectivity index (χ3v) is 7.15. The molecule has 1 amide bonds. The lowest BCUT2D eigenvalue weighted by molar-refractivity contribution is -0.157. The first kappa shape index (κ1) is 29.3. The van der Waals surface area contributed by atoms with Gasteiger partial charge in [0.1, 0.15) is 17.0 Å². The number of aryl methyl sites for hydroxylation is 1. The first-order valence-electron chi connectivity index (χ1n) is 13.8. The Balaban J connectivity index is 1.54. The number of carbonyl (C=O) groups excluding carboxylic acids is 2. The first-order chi connectivity index (χ1) is 17.2. The Morgan fingerprint density at radius 1 is 0.946 bits per heavy atom. The summed E-state index contributed by atoms with van der Waals surface area (Å²) in [5.41, 5.74) is 1.33. The second kappa shape index (κ2) is 12.1. The van der Waals surface area contributed by atoms with Crippen LogP contribution in [0, 0.1) is 12.8 Å². The van der Waals surface area contributed by atoms with Crippen molar-refractivity contribution in [2.24, 2.45) is 5.92 Å². The van der Waals surface area contributed by atoms with E-state index >= 15 is 0 Å². The Bertz CT molecular complexity index is 923. The van der Waals surface area contributed by atoms with E-state index in [1.807, 2.05) is 58.6 Å². The van der Waals surface area contributed by atoms with Gasteiger partial charge in [0, 0.05) is 12.1 Å². The summed E-state index contributed by atoms with van der Waals surface area (Å²) in [5.74, 6) is 1.15. The summed E-state index contributed by atoms with van der Waals surface area (Å²) < 4.78 is 23.3. The van der Waals surface area contributed by atoms with Crippen molar-refractivity contribution >= 4 is 12.1 Å². The van der Waals surface area contributed by atoms with Gasteiger partial charge in [-0.3, -0.25) is 0 Å². The molecule has 0 spiro atoms. The molecule has 0 aromatic heterocycles. The quantitative estimate of drug-likeness (QED) is 0.390. The summed E-state index contributed by atoms with van der Waals surface area (Å²) in [7, 11) is 0. The third-order valence-electron chi connectivity index (χ3n) is 7.15. The Hall–Kier alpha value is -2.28. The number of nitrogens with zero attached hydrogens (tertiary/aromatic N) is 1. The van der Waals surface area contributed by atoms with Crippen LogP contribution < -0.4 is 4.74 Å². The van der Waals surface area contributed by atoms with E-state index in [2.05, 4.69) is 19.9 Å². The van der Waals surface area contributed by atoms with Gasteiger partial charge in [-0.1, -0.05) is 19.1 Å². The standard InChI is InChI=1S/C30H47NO6/c1-20-16-17-31(28(33)37-30(6,7)8)24(20)18-34-23-14-12-22(13-15-23)27-21(2)10-9-11-25(27)35-19-26(32)36-29(3,4)5/h9-11,20,22-24H,12-19H2,1-8H3/t20-,22?,23?,24-/m0/s1. The van der Waals surface area contributed by atoms with Gasteiger partial charge in [0.25, 0.3) is 0 Å². The van der Waals surface area contributed by atoms with Crippen LogP contribution in [0.5, 0.6) is 5.75 Å². The molecule has 2 aliphatic rings. The van der Waals surface area contributed by atoms with E-state index in [1.54, 1.807) is 0 Å². The molecule has 208 valence electrons. The van der Waals surface area contributed by atoms with E-state index < -0.39 is 11.2 Å². The topological polar surface area (TPSA) is 74.3 Å². The highest BCUT2D eigenvalue weighted by atomic mass is 16.6. The number of hydrogen-bond acceptors (Lipinski definition) is 6. The predicted octanol–water partition coefficient (Wildman–Crippen LogP) is 6.40. The lowest BCUT2D eigenvalue weighted by atomic mass is 9.80. The van der Waals surface area contributed by atoms with Gasteiger partial charge < -0.3 is 23.8 Å². The van der Waals surface area contributed by atoms with Gasteiger partial charge in [-0.15, -0.1) is 0 Å². The normalized spacial score (nSPS) is 24.6. The maximum atomic E-state index is 12.7. The molecular formula is C30H47NO6. The van der Waals surface area contributed by atoms with Gasteiger partial charge in [0.15, 0.2) is 6.61 Å². The smallest absolute Gasteiger partial charge is 0.410 e. The molecule has 3 rings (SSSR count). The van der Waals surface area contributed by atoms with Gasteiger partial charge in [0.2, 0.25) is 0 Å². The van der Waals surface area contributed by atoms with Crippen LogP contribution in [0.4, 0.5) is 4.79 Å². The molecular weight excluding hydrogens is 470 g/mol. The van der Waals surface area contributed by atoms with Crippen molar-refractivity contribution in [2.45, 2.75) is 117 Å². The van der Waals surface area contributed by atoms with Crippen LogP contribution in [0.2, 0.25) is 0 Å². The molecule has 1 aliphatic heterocycles. The minimum atomic E-state index is -0.533. The first-order valence-corrected chi connectivity index (χ1v) is 13.8. The van der Waals surface area contributed by atoms with Crippen LogP contribution in [0.15, 0.2) is 18.2 Å². The molecule has 0 radical (unpaired) electrons. The van der Waals surface area contributed by atoms with Gasteiger partial charge >= 0.3 is 12.1 Å². The number of benzene rings is 1. The zero-order chi connectivity index (χ0) is 27.4. The summed E-state index contributed by atoms with van der Waals surface area (Å²) in [5, 5.41) is 0. The maximum Gasteiger partial charge on any atom is 0.410 e. The van der Waals surface area contributed by atoms with Crippen molar-refractivity contribution in [3.63, 3.8) is 0 Å². The SMILES string of the molecule is Cc1cccc(OCC(=O)OC(C)(C)C)c1C1CCC(OC[C@H]2[C@@H](C)CCN2C(=O)OC(C)(C)C)CC1. The van der Waals surface area contributed by atoms with Crippen LogP contribution >= 0.6 is 0 Å². The average Bonchev–Trinajstić information content (AvgIpc) is 3.15. The molecule has 7 heteroatoms. The van der Waals surface area contributed by atoms with Crippen molar-refractivity contribution in [3.8, 4) is 5.75 Å². The fraction of sp³-hybridized carbons (Fsp3) is 0.733. The molecule has 1 saturated carbocycles. The molecule has 2 fully saturated rings. The Morgan fingerprint density at radius 2 is 1.59 bits per heavy atom. The largest absolute Gasteiger partial charge is 0.482 e. The molecule has 0 bridgehead atoms. The van der Waals surface area contributed by atoms with Crippen LogP contribution in [-0.2, 0) is 19.0 Å². The molecule has 0 unspecified atom stereocenters. The Labute approximate surface area is 223 Å². The molecule has 1 aliphatic carbocycles. The Kier molecular flexibility index (Phi) is 9.54. The summed E-state index contributed by atoms with van der Waals surface area (Å²) >= 11 is 0. The van der Waals surface area contributed by atoms with Crippen molar-refractivity contribution in [3.05, 3.63) is 29.3 Å². The Morgan fingerprint density at radius 3 is 2.22 bits per heavy atom. The van der Waals surface area contributed by atoms with E-state index in [1.165, 1.54) is 11.1 Å². The molecule has 37 heavy (non-hydrogen) atoms. The van der Waals surface area contributed by atoms with E-state index in [0.717, 1.165) is 44.4 Å². The number of carbonyl (C=O) groups is 2. The average molecular weight is 518 g/mol. The number of likely N-dealkylation sites (tertiary alicyclic amines) is 1. The van der Waals surface area contributed by atoms with Crippen molar-refractivity contribution < 1.29 is 28.5 Å². The molecule has 2 atom stereocenters. The van der Waals surface area contributed by atoms with Gasteiger partial charge in [0.05, 0.1) is 18.8 Å². The van der Waals surface area contributed by atoms with Gasteiger partial charge in [-0.05, 0) is 104 Å². The second-order valence-electron chi connectivity index (χ2n) is 12.7. The fourth-order valence-corrected chi connectivity index (χ4v) is 5.37. The fourth-order valence-electron chi connectivity index (χ4n) is 5.37. The lowest BCUT2D eigenvalue weighted by Crippen LogP contribution is -2.44. The number of esters is 1. The third kappa shape index (κ3) is 8.62. The summed E-state index contributed by atoms with van der Waals surface area (Å²) in [4.78, 5) is 26.7. The molecule has 1 aromatic carbocycles. The lowest BCUT2D eigenvalue weighted by Gasteiger charge is -2.33. The zero-order valence-electron chi connectivity index (χ0n) is 24.1. The maximum absolute atomic E-state index is 12.7. The molecule has 1 heterocycles. The van der Waals surface area contributed by atoms with E-state index in [9.17, 15) is 9.59 Å². The van der Waals surface area contributed by atoms with E-state index in [-0.39, 0.29) is 30.8 Å². The number of ether oxygens (including phenoxy) is 4. The highest BCUT2D eigenvalue weighted by molar-refractivity contribution is 5.71. The number of rotatable bonds is 7. The summed E-state index contributed by atoms with van der Waals surface area (Å²) in [6.07, 6.45) is 4.81. The minimum absolute atomic E-state index is 0.0526.